The monoisotopic (exact) mass is 238 g/mol. The minimum Gasteiger partial charge on any atom is -0.369 e. The molecule has 2 nitrogen and oxygen atoms in total. The Balaban J connectivity index is 2.88. The summed E-state index contributed by atoms with van der Waals surface area (Å²) in [5.74, 6) is -0.169. The zero-order valence-corrected chi connectivity index (χ0v) is 11.0. The van der Waals surface area contributed by atoms with Crippen molar-refractivity contribution in [2.75, 3.05) is 18.0 Å². The van der Waals surface area contributed by atoms with Gasteiger partial charge in [-0.2, -0.15) is 0 Å². The van der Waals surface area contributed by atoms with Crippen molar-refractivity contribution in [1.29, 1.82) is 0 Å². The first kappa shape index (κ1) is 14.0. The molecule has 0 unspecified atom stereocenters. The predicted molar refractivity (Wildman–Crippen MR) is 71.8 cm³/mol. The van der Waals surface area contributed by atoms with Gasteiger partial charge in [-0.25, -0.2) is 4.39 Å². The minimum absolute atomic E-state index is 0.121. The number of unbranched alkanes of at least 4 members (excludes halogenated alkanes) is 1. The highest BCUT2D eigenvalue weighted by Crippen LogP contribution is 2.23. The number of hydrogen-bond donors (Lipinski definition) is 1. The minimum atomic E-state index is -0.169. The number of rotatable bonds is 6. The van der Waals surface area contributed by atoms with Gasteiger partial charge in [0.1, 0.15) is 5.82 Å². The van der Waals surface area contributed by atoms with Gasteiger partial charge in [-0.1, -0.05) is 19.4 Å². The molecule has 3 heteroatoms. The smallest absolute Gasteiger partial charge is 0.146 e. The first-order valence-corrected chi connectivity index (χ1v) is 6.40. The number of nitrogens with two attached hydrogens (primary N) is 1. The lowest BCUT2D eigenvalue weighted by Crippen LogP contribution is -2.25. The molecule has 1 aromatic carbocycles. The summed E-state index contributed by atoms with van der Waals surface area (Å²) in [4.78, 5) is 2.07. The highest BCUT2D eigenvalue weighted by molar-refractivity contribution is 5.49. The molecule has 0 spiro atoms. The molecule has 0 aliphatic rings. The number of benzene rings is 1. The van der Waals surface area contributed by atoms with E-state index in [-0.39, 0.29) is 11.9 Å². The van der Waals surface area contributed by atoms with E-state index in [1.54, 1.807) is 6.07 Å². The fourth-order valence-corrected chi connectivity index (χ4v) is 1.86. The quantitative estimate of drug-likeness (QED) is 0.822. The van der Waals surface area contributed by atoms with E-state index in [4.69, 9.17) is 5.73 Å². The van der Waals surface area contributed by atoms with Gasteiger partial charge in [0.25, 0.3) is 0 Å². The Morgan fingerprint density at radius 3 is 2.53 bits per heavy atom. The standard InChI is InChI=1S/C14H23FN2/c1-4-6-9-17(5-2)14-8-7-12(11(3)16)10-13(14)15/h7-8,10-11H,4-6,9,16H2,1-3H3/t11-/m1/s1. The molecule has 17 heavy (non-hydrogen) atoms. The molecule has 0 aliphatic heterocycles. The molecule has 0 aromatic heterocycles. The van der Waals surface area contributed by atoms with Crippen molar-refractivity contribution >= 4 is 5.69 Å². The Morgan fingerprint density at radius 1 is 1.35 bits per heavy atom. The first-order valence-electron chi connectivity index (χ1n) is 6.40. The molecule has 0 fully saturated rings. The highest BCUT2D eigenvalue weighted by atomic mass is 19.1. The Hall–Kier alpha value is -1.09. The normalized spacial score (nSPS) is 12.5. The molecule has 0 amide bonds. The van der Waals surface area contributed by atoms with Crippen molar-refractivity contribution in [3.05, 3.63) is 29.6 Å². The molecule has 1 rings (SSSR count). The van der Waals surface area contributed by atoms with Crippen LogP contribution in [0, 0.1) is 5.82 Å². The van der Waals surface area contributed by atoms with Crippen LogP contribution in [0.3, 0.4) is 0 Å². The lowest BCUT2D eigenvalue weighted by atomic mass is 10.1. The molecule has 0 saturated heterocycles. The molecule has 2 N–H and O–H groups in total. The van der Waals surface area contributed by atoms with E-state index in [1.165, 1.54) is 0 Å². The van der Waals surface area contributed by atoms with Crippen LogP contribution in [0.5, 0.6) is 0 Å². The maximum absolute atomic E-state index is 14.0. The third-order valence-electron chi connectivity index (χ3n) is 3.00. The van der Waals surface area contributed by atoms with Gasteiger partial charge >= 0.3 is 0 Å². The molecule has 96 valence electrons. The molecule has 1 aromatic rings. The van der Waals surface area contributed by atoms with Crippen LogP contribution in [-0.4, -0.2) is 13.1 Å². The van der Waals surface area contributed by atoms with Gasteiger partial charge < -0.3 is 10.6 Å². The van der Waals surface area contributed by atoms with E-state index < -0.39 is 0 Å². The van der Waals surface area contributed by atoms with E-state index in [0.717, 1.165) is 31.5 Å². The Kier molecular flexibility index (Phi) is 5.42. The van der Waals surface area contributed by atoms with Crippen LogP contribution in [0.15, 0.2) is 18.2 Å². The number of halogens is 1. The van der Waals surface area contributed by atoms with Gasteiger partial charge in [-0.15, -0.1) is 0 Å². The van der Waals surface area contributed by atoms with Gasteiger partial charge in [0.2, 0.25) is 0 Å². The molecular weight excluding hydrogens is 215 g/mol. The summed E-state index contributed by atoms with van der Waals surface area (Å²) in [5, 5.41) is 0. The van der Waals surface area contributed by atoms with E-state index in [2.05, 4.69) is 18.7 Å². The fraction of sp³-hybridized carbons (Fsp3) is 0.571. The lowest BCUT2D eigenvalue weighted by Gasteiger charge is -2.24. The van der Waals surface area contributed by atoms with Crippen molar-refractivity contribution in [2.24, 2.45) is 5.73 Å². The van der Waals surface area contributed by atoms with Crippen molar-refractivity contribution in [3.8, 4) is 0 Å². The molecule has 0 saturated carbocycles. The Labute approximate surface area is 104 Å². The molecule has 0 radical (unpaired) electrons. The summed E-state index contributed by atoms with van der Waals surface area (Å²) in [6, 6.07) is 5.18. The first-order chi connectivity index (χ1) is 8.10. The maximum atomic E-state index is 14.0. The van der Waals surface area contributed by atoms with Crippen LogP contribution < -0.4 is 10.6 Å². The maximum Gasteiger partial charge on any atom is 0.146 e. The average molecular weight is 238 g/mol. The molecular formula is C14H23FN2. The summed E-state index contributed by atoms with van der Waals surface area (Å²) >= 11 is 0. The number of hydrogen-bond acceptors (Lipinski definition) is 2. The molecule has 0 heterocycles. The van der Waals surface area contributed by atoms with Crippen molar-refractivity contribution < 1.29 is 4.39 Å². The molecule has 0 bridgehead atoms. The van der Waals surface area contributed by atoms with Crippen LogP contribution in [0.2, 0.25) is 0 Å². The molecule has 1 atom stereocenters. The Bertz CT molecular complexity index is 350. The summed E-state index contributed by atoms with van der Waals surface area (Å²) < 4.78 is 14.0. The van der Waals surface area contributed by atoms with Gasteiger partial charge in [0.15, 0.2) is 0 Å². The van der Waals surface area contributed by atoms with Crippen molar-refractivity contribution in [1.82, 2.24) is 0 Å². The van der Waals surface area contributed by atoms with Gasteiger partial charge in [-0.3, -0.25) is 0 Å². The van der Waals surface area contributed by atoms with Crippen LogP contribution >= 0.6 is 0 Å². The van der Waals surface area contributed by atoms with Crippen LogP contribution in [0.1, 0.15) is 45.2 Å². The summed E-state index contributed by atoms with van der Waals surface area (Å²) in [7, 11) is 0. The lowest BCUT2D eigenvalue weighted by molar-refractivity contribution is 0.609. The summed E-state index contributed by atoms with van der Waals surface area (Å²) in [6.45, 7) is 7.79. The van der Waals surface area contributed by atoms with Gasteiger partial charge in [0.05, 0.1) is 5.69 Å². The SMILES string of the molecule is CCCCN(CC)c1ccc([C@@H](C)N)cc1F. The van der Waals surface area contributed by atoms with Crippen molar-refractivity contribution in [3.63, 3.8) is 0 Å². The highest BCUT2D eigenvalue weighted by Gasteiger charge is 2.11. The third kappa shape index (κ3) is 3.70. The van der Waals surface area contributed by atoms with E-state index in [1.807, 2.05) is 19.1 Å². The topological polar surface area (TPSA) is 29.3 Å². The number of nitrogens with zero attached hydrogens (tertiary/aromatic N) is 1. The fourth-order valence-electron chi connectivity index (χ4n) is 1.86. The predicted octanol–water partition coefficient (Wildman–Crippen LogP) is 3.47. The van der Waals surface area contributed by atoms with Crippen molar-refractivity contribution in [2.45, 2.75) is 39.7 Å². The van der Waals surface area contributed by atoms with Gasteiger partial charge in [-0.05, 0) is 38.0 Å². The second kappa shape index (κ2) is 6.60. The second-order valence-corrected chi connectivity index (χ2v) is 4.43. The third-order valence-corrected chi connectivity index (χ3v) is 3.00. The van der Waals surface area contributed by atoms with E-state index in [0.29, 0.717) is 5.69 Å². The second-order valence-electron chi connectivity index (χ2n) is 4.43. The van der Waals surface area contributed by atoms with Crippen LogP contribution in [0.4, 0.5) is 10.1 Å². The van der Waals surface area contributed by atoms with Crippen LogP contribution in [0.25, 0.3) is 0 Å². The van der Waals surface area contributed by atoms with Gasteiger partial charge in [0, 0.05) is 19.1 Å². The Morgan fingerprint density at radius 2 is 2.06 bits per heavy atom. The van der Waals surface area contributed by atoms with E-state index >= 15 is 0 Å². The largest absolute Gasteiger partial charge is 0.369 e. The zero-order chi connectivity index (χ0) is 12.8. The zero-order valence-electron chi connectivity index (χ0n) is 11.0. The summed E-state index contributed by atoms with van der Waals surface area (Å²) in [6.07, 6.45) is 2.21. The number of anilines is 1. The molecule has 0 aliphatic carbocycles. The van der Waals surface area contributed by atoms with Crippen LogP contribution in [-0.2, 0) is 0 Å². The summed E-state index contributed by atoms with van der Waals surface area (Å²) in [5.41, 5.74) is 7.27. The van der Waals surface area contributed by atoms with E-state index in [9.17, 15) is 4.39 Å². The average Bonchev–Trinajstić information content (AvgIpc) is 2.31.